The van der Waals surface area contributed by atoms with Gasteiger partial charge in [-0.2, -0.15) is 0 Å². The zero-order chi connectivity index (χ0) is 25.6. The molecular weight excluding hydrogens is 481 g/mol. The fourth-order valence-corrected chi connectivity index (χ4v) is 6.90. The third-order valence-corrected chi connectivity index (χ3v) is 8.11. The van der Waals surface area contributed by atoms with E-state index in [1.807, 2.05) is 12.1 Å². The lowest BCUT2D eigenvalue weighted by Crippen LogP contribution is -2.27. The van der Waals surface area contributed by atoms with E-state index in [-0.39, 0.29) is 5.75 Å². The number of hydrogen-bond donors (Lipinski definition) is 2. The number of carbonyl (C=O) groups excluding carboxylic acids is 1. The van der Waals surface area contributed by atoms with Gasteiger partial charge in [-0.15, -0.1) is 13.2 Å². The average Bonchev–Trinajstić information content (AvgIpc) is 3.25. The first-order chi connectivity index (χ1) is 17.7. The van der Waals surface area contributed by atoms with Crippen molar-refractivity contribution in [2.75, 3.05) is 10.6 Å². The van der Waals surface area contributed by atoms with Gasteiger partial charge < -0.3 is 20.1 Å². The summed E-state index contributed by atoms with van der Waals surface area (Å²) in [5, 5.41) is 5.25. The van der Waals surface area contributed by atoms with Crippen molar-refractivity contribution < 1.29 is 27.4 Å². The van der Waals surface area contributed by atoms with Crippen LogP contribution >= 0.6 is 0 Å². The molecule has 37 heavy (non-hydrogen) atoms. The Labute approximate surface area is 213 Å². The van der Waals surface area contributed by atoms with Gasteiger partial charge in [0.05, 0.1) is 0 Å². The molecule has 7 rings (SSSR count). The normalized spacial score (nSPS) is 25.6. The maximum absolute atomic E-state index is 12.3. The summed E-state index contributed by atoms with van der Waals surface area (Å²) in [5.41, 5.74) is 2.72. The van der Waals surface area contributed by atoms with Gasteiger partial charge in [0.15, 0.2) is 0 Å². The maximum Gasteiger partial charge on any atom is 0.573 e. The zero-order valence-corrected chi connectivity index (χ0v) is 20.1. The van der Waals surface area contributed by atoms with Crippen molar-refractivity contribution in [2.45, 2.75) is 43.9 Å². The minimum Gasteiger partial charge on any atom is -0.457 e. The first-order valence-electron chi connectivity index (χ1n) is 12.6. The van der Waals surface area contributed by atoms with E-state index in [1.165, 1.54) is 49.8 Å². The monoisotopic (exact) mass is 508 g/mol. The van der Waals surface area contributed by atoms with E-state index in [1.54, 1.807) is 24.3 Å². The number of urea groups is 1. The van der Waals surface area contributed by atoms with Crippen LogP contribution in [0.2, 0.25) is 0 Å². The van der Waals surface area contributed by atoms with Crippen molar-refractivity contribution in [3.05, 3.63) is 78.4 Å². The van der Waals surface area contributed by atoms with Gasteiger partial charge in [-0.1, -0.05) is 12.1 Å². The molecule has 4 saturated carbocycles. The predicted molar refractivity (Wildman–Crippen MR) is 134 cm³/mol. The highest BCUT2D eigenvalue weighted by Crippen LogP contribution is 2.65. The predicted octanol–water partition coefficient (Wildman–Crippen LogP) is 8.10. The lowest BCUT2D eigenvalue weighted by molar-refractivity contribution is -0.274. The molecule has 5 nitrogen and oxygen atoms in total. The van der Waals surface area contributed by atoms with Gasteiger partial charge in [-0.05, 0) is 121 Å². The second kappa shape index (κ2) is 9.01. The van der Waals surface area contributed by atoms with Crippen molar-refractivity contribution in [3.8, 4) is 17.2 Å². The number of ether oxygens (including phenoxy) is 2. The van der Waals surface area contributed by atoms with Crippen molar-refractivity contribution in [1.82, 2.24) is 0 Å². The van der Waals surface area contributed by atoms with E-state index in [9.17, 15) is 18.0 Å². The van der Waals surface area contributed by atoms with E-state index in [4.69, 9.17) is 4.74 Å². The highest BCUT2D eigenvalue weighted by atomic mass is 19.4. The molecule has 4 bridgehead atoms. The number of carbonyl (C=O) groups is 1. The molecule has 192 valence electrons. The molecule has 2 unspecified atom stereocenters. The van der Waals surface area contributed by atoms with E-state index in [0.717, 1.165) is 35.6 Å². The van der Waals surface area contributed by atoms with Gasteiger partial charge >= 0.3 is 12.4 Å². The first-order valence-corrected chi connectivity index (χ1v) is 12.6. The molecule has 0 spiro atoms. The lowest BCUT2D eigenvalue weighted by atomic mass is 9.71. The molecule has 0 aromatic heterocycles. The van der Waals surface area contributed by atoms with Gasteiger partial charge in [0.2, 0.25) is 0 Å². The van der Waals surface area contributed by atoms with Crippen LogP contribution < -0.4 is 20.1 Å². The number of benzene rings is 3. The third kappa shape index (κ3) is 4.97. The van der Waals surface area contributed by atoms with Gasteiger partial charge in [-0.3, -0.25) is 0 Å². The van der Waals surface area contributed by atoms with Crippen molar-refractivity contribution in [2.24, 2.45) is 17.8 Å². The SMILES string of the molecule is O=C(Nc1ccc(Oc2ccc(C34CC5CC(CC3C5)C4)cc2)cc1)Nc1ccc(OC(F)(F)F)cc1. The fourth-order valence-electron chi connectivity index (χ4n) is 6.90. The highest BCUT2D eigenvalue weighted by Gasteiger charge is 2.58. The molecule has 0 aliphatic heterocycles. The van der Waals surface area contributed by atoms with Crippen LogP contribution in [0.3, 0.4) is 0 Å². The quantitative estimate of drug-likeness (QED) is 0.354. The van der Waals surface area contributed by atoms with Crippen molar-refractivity contribution in [1.29, 1.82) is 0 Å². The molecule has 0 saturated heterocycles. The Morgan fingerprint density at radius 2 is 1.22 bits per heavy atom. The minimum atomic E-state index is -4.76. The van der Waals surface area contributed by atoms with Gasteiger partial charge in [-0.25, -0.2) is 4.79 Å². The van der Waals surface area contributed by atoms with E-state index in [2.05, 4.69) is 27.5 Å². The maximum atomic E-state index is 12.3. The molecule has 2 atom stereocenters. The summed E-state index contributed by atoms with van der Waals surface area (Å²) in [4.78, 5) is 12.2. The Hall–Kier alpha value is -3.68. The minimum absolute atomic E-state index is 0.327. The topological polar surface area (TPSA) is 59.6 Å². The highest BCUT2D eigenvalue weighted by molar-refractivity contribution is 5.99. The molecule has 3 aromatic rings. The summed E-state index contributed by atoms with van der Waals surface area (Å²) in [7, 11) is 0. The lowest BCUT2D eigenvalue weighted by Gasteiger charge is -2.33. The van der Waals surface area contributed by atoms with Crippen LogP contribution in [-0.2, 0) is 5.41 Å². The van der Waals surface area contributed by atoms with Crippen LogP contribution in [0.4, 0.5) is 29.3 Å². The zero-order valence-electron chi connectivity index (χ0n) is 20.1. The van der Waals surface area contributed by atoms with Crippen LogP contribution in [0.15, 0.2) is 72.8 Å². The number of nitrogens with one attached hydrogen (secondary N) is 2. The number of alkyl halides is 3. The number of anilines is 2. The molecule has 0 heterocycles. The average molecular weight is 509 g/mol. The molecule has 0 radical (unpaired) electrons. The van der Waals surface area contributed by atoms with Crippen LogP contribution in [0.1, 0.15) is 37.7 Å². The van der Waals surface area contributed by atoms with Gasteiger partial charge in [0.1, 0.15) is 17.2 Å². The fraction of sp³-hybridized carbons (Fsp3) is 0.345. The molecule has 2 amide bonds. The molecule has 3 aromatic carbocycles. The Morgan fingerprint density at radius 3 is 1.73 bits per heavy atom. The summed E-state index contributed by atoms with van der Waals surface area (Å²) >= 11 is 0. The molecule has 4 fully saturated rings. The number of amides is 2. The summed E-state index contributed by atoms with van der Waals surface area (Å²) < 4.78 is 46.6. The summed E-state index contributed by atoms with van der Waals surface area (Å²) in [6.07, 6.45) is 2.15. The number of rotatable bonds is 6. The Bertz CT molecular complexity index is 1260. The molecule has 2 N–H and O–H groups in total. The number of hydrogen-bond acceptors (Lipinski definition) is 3. The van der Waals surface area contributed by atoms with Crippen LogP contribution in [0.25, 0.3) is 0 Å². The molecule has 4 aliphatic rings. The second-order valence-electron chi connectivity index (χ2n) is 10.5. The Balaban J connectivity index is 1.03. The third-order valence-electron chi connectivity index (χ3n) is 8.11. The van der Waals surface area contributed by atoms with Gasteiger partial charge in [0, 0.05) is 11.4 Å². The summed E-state index contributed by atoms with van der Waals surface area (Å²) in [5.74, 6) is 3.75. The molecular formula is C29H27F3N2O3. The van der Waals surface area contributed by atoms with Crippen LogP contribution in [0.5, 0.6) is 17.2 Å². The first kappa shape index (κ1) is 23.7. The van der Waals surface area contributed by atoms with E-state index in [0.29, 0.717) is 22.5 Å². The number of halogens is 3. The molecule has 8 heteroatoms. The van der Waals surface area contributed by atoms with E-state index >= 15 is 0 Å². The Kier molecular flexibility index (Phi) is 5.77. The standard InChI is InChI=1S/C29H27F3N2O3/c30-29(31,32)37-26-11-5-23(6-12-26)34-27(35)33-22-3-9-25(10-4-22)36-24-7-1-20(2-8-24)28-16-18-13-19(17-28)15-21(28)14-18/h1-12,18-19,21H,13-17H2,(H2,33,34,35). The molecule has 4 aliphatic carbocycles. The van der Waals surface area contributed by atoms with Gasteiger partial charge in [0.25, 0.3) is 0 Å². The Morgan fingerprint density at radius 1 is 0.730 bits per heavy atom. The largest absolute Gasteiger partial charge is 0.573 e. The smallest absolute Gasteiger partial charge is 0.457 e. The van der Waals surface area contributed by atoms with Crippen LogP contribution in [-0.4, -0.2) is 12.4 Å². The van der Waals surface area contributed by atoms with Crippen molar-refractivity contribution >= 4 is 17.4 Å². The van der Waals surface area contributed by atoms with Crippen molar-refractivity contribution in [3.63, 3.8) is 0 Å². The summed E-state index contributed by atoms with van der Waals surface area (Å²) in [6, 6.07) is 19.9. The van der Waals surface area contributed by atoms with Crippen LogP contribution in [0, 0.1) is 17.8 Å². The summed E-state index contributed by atoms with van der Waals surface area (Å²) in [6.45, 7) is 0. The second-order valence-corrected chi connectivity index (χ2v) is 10.5. The van der Waals surface area contributed by atoms with E-state index < -0.39 is 12.4 Å².